The molecule has 126 valence electrons. The van der Waals surface area contributed by atoms with E-state index in [1.165, 1.54) is 23.9 Å². The summed E-state index contributed by atoms with van der Waals surface area (Å²) >= 11 is 1.48. The molecule has 1 saturated heterocycles. The number of rotatable bonds is 2. The van der Waals surface area contributed by atoms with Crippen molar-refractivity contribution in [3.63, 3.8) is 0 Å². The van der Waals surface area contributed by atoms with Gasteiger partial charge in [-0.2, -0.15) is 13.2 Å². The lowest BCUT2D eigenvalue weighted by molar-refractivity contribution is -0.137. The minimum Gasteiger partial charge on any atom is -0.295 e. The molecule has 0 aliphatic carbocycles. The summed E-state index contributed by atoms with van der Waals surface area (Å²) in [6, 6.07) is 10.8. The summed E-state index contributed by atoms with van der Waals surface area (Å²) in [4.78, 5) is 13.9. The summed E-state index contributed by atoms with van der Waals surface area (Å²) in [5.41, 5.74) is 3.04. The first-order valence-corrected chi connectivity index (χ1v) is 8.50. The van der Waals surface area contributed by atoms with Crippen molar-refractivity contribution in [1.29, 1.82) is 0 Å². The number of hydrogen-bond donors (Lipinski definition) is 0. The molecule has 0 spiro atoms. The average molecular weight is 351 g/mol. The fraction of sp³-hybridized carbons (Fsp3) is 0.278. The summed E-state index contributed by atoms with van der Waals surface area (Å²) in [6.07, 6.45) is -4.38. The van der Waals surface area contributed by atoms with Gasteiger partial charge in [-0.3, -0.25) is 9.69 Å². The van der Waals surface area contributed by atoms with Gasteiger partial charge in [0.25, 0.3) is 0 Å². The van der Waals surface area contributed by atoms with Gasteiger partial charge < -0.3 is 0 Å². The number of nitrogens with zero attached hydrogens (tertiary/aromatic N) is 1. The number of halogens is 3. The molecule has 2 nitrogen and oxygen atoms in total. The van der Waals surface area contributed by atoms with Crippen molar-refractivity contribution in [3.05, 3.63) is 64.7 Å². The van der Waals surface area contributed by atoms with Crippen LogP contribution >= 0.6 is 11.8 Å². The number of thioether (sulfide) groups is 1. The number of carbonyl (C=O) groups is 1. The molecular formula is C18H16F3NOS. The van der Waals surface area contributed by atoms with Crippen LogP contribution in [0.4, 0.5) is 18.9 Å². The Hall–Kier alpha value is -1.95. The van der Waals surface area contributed by atoms with Crippen LogP contribution in [0.3, 0.4) is 0 Å². The summed E-state index contributed by atoms with van der Waals surface area (Å²) in [5.74, 6) is 0.224. The number of alkyl halides is 3. The number of hydrogen-bond acceptors (Lipinski definition) is 2. The van der Waals surface area contributed by atoms with Gasteiger partial charge in [-0.25, -0.2) is 0 Å². The van der Waals surface area contributed by atoms with Crippen molar-refractivity contribution in [3.8, 4) is 0 Å². The van der Waals surface area contributed by atoms with Crippen molar-refractivity contribution in [2.75, 3.05) is 10.7 Å². The van der Waals surface area contributed by atoms with Crippen LogP contribution in [-0.4, -0.2) is 11.7 Å². The number of carbonyl (C=O) groups excluding carboxylic acids is 1. The summed E-state index contributed by atoms with van der Waals surface area (Å²) in [6.45, 7) is 4.02. The lowest BCUT2D eigenvalue weighted by atomic mass is 10.1. The molecule has 0 N–H and O–H groups in total. The first-order valence-electron chi connectivity index (χ1n) is 7.45. The van der Waals surface area contributed by atoms with Crippen LogP contribution in [0.5, 0.6) is 0 Å². The van der Waals surface area contributed by atoms with Crippen molar-refractivity contribution < 1.29 is 18.0 Å². The van der Waals surface area contributed by atoms with Gasteiger partial charge in [-0.15, -0.1) is 11.8 Å². The predicted octanol–water partition coefficient (Wildman–Crippen LogP) is 5.10. The lowest BCUT2D eigenvalue weighted by Gasteiger charge is -2.25. The average Bonchev–Trinajstić information content (AvgIpc) is 2.91. The normalized spacial score (nSPS) is 18.3. The second kappa shape index (κ2) is 6.16. The highest BCUT2D eigenvalue weighted by Crippen LogP contribution is 2.42. The van der Waals surface area contributed by atoms with E-state index in [9.17, 15) is 18.0 Å². The van der Waals surface area contributed by atoms with Crippen LogP contribution in [0.1, 0.15) is 27.6 Å². The van der Waals surface area contributed by atoms with E-state index in [1.54, 1.807) is 4.90 Å². The van der Waals surface area contributed by atoms with Crippen molar-refractivity contribution in [2.24, 2.45) is 0 Å². The fourth-order valence-electron chi connectivity index (χ4n) is 2.68. The van der Waals surface area contributed by atoms with Gasteiger partial charge in [0.2, 0.25) is 5.91 Å². The van der Waals surface area contributed by atoms with Crippen LogP contribution < -0.4 is 4.90 Å². The Kier molecular flexibility index (Phi) is 4.34. The molecule has 1 aliphatic rings. The summed E-state index contributed by atoms with van der Waals surface area (Å²) in [7, 11) is 0. The molecule has 1 fully saturated rings. The second-order valence-corrected chi connectivity index (χ2v) is 6.88. The topological polar surface area (TPSA) is 20.3 Å². The van der Waals surface area contributed by atoms with Crippen LogP contribution in [0.25, 0.3) is 0 Å². The SMILES string of the molecule is Cc1ccc([C@@H]2SCC(=O)N2c2ccc(C(F)(F)F)cc2)cc1C. The zero-order chi connectivity index (χ0) is 17.5. The number of aryl methyl sites for hydroxylation is 2. The zero-order valence-corrected chi connectivity index (χ0v) is 14.0. The molecular weight excluding hydrogens is 335 g/mol. The summed E-state index contributed by atoms with van der Waals surface area (Å²) in [5, 5.41) is -0.214. The van der Waals surface area contributed by atoms with E-state index in [0.29, 0.717) is 11.4 Å². The molecule has 2 aromatic carbocycles. The Morgan fingerprint density at radius 2 is 1.71 bits per heavy atom. The van der Waals surface area contributed by atoms with E-state index >= 15 is 0 Å². The highest BCUT2D eigenvalue weighted by atomic mass is 32.2. The van der Waals surface area contributed by atoms with Gasteiger partial charge in [-0.05, 0) is 54.8 Å². The van der Waals surface area contributed by atoms with Crippen LogP contribution in [0, 0.1) is 13.8 Å². The Morgan fingerprint density at radius 3 is 2.29 bits per heavy atom. The molecule has 1 amide bonds. The molecule has 3 rings (SSSR count). The predicted molar refractivity (Wildman–Crippen MR) is 90.0 cm³/mol. The smallest absolute Gasteiger partial charge is 0.295 e. The Balaban J connectivity index is 1.95. The maximum atomic E-state index is 12.7. The Bertz CT molecular complexity index is 771. The van der Waals surface area contributed by atoms with Gasteiger partial charge in [0.1, 0.15) is 5.37 Å². The molecule has 0 aromatic heterocycles. The van der Waals surface area contributed by atoms with Crippen molar-refractivity contribution in [1.82, 2.24) is 0 Å². The Morgan fingerprint density at radius 1 is 1.04 bits per heavy atom. The van der Waals surface area contributed by atoms with E-state index in [1.807, 2.05) is 32.0 Å². The fourth-order valence-corrected chi connectivity index (χ4v) is 3.85. The van der Waals surface area contributed by atoms with Gasteiger partial charge in [0.05, 0.1) is 11.3 Å². The van der Waals surface area contributed by atoms with Gasteiger partial charge in [0.15, 0.2) is 0 Å². The largest absolute Gasteiger partial charge is 0.416 e. The molecule has 6 heteroatoms. The van der Waals surface area contributed by atoms with Crippen molar-refractivity contribution >= 4 is 23.4 Å². The molecule has 1 aliphatic heterocycles. The van der Waals surface area contributed by atoms with E-state index in [-0.39, 0.29) is 11.3 Å². The first kappa shape index (κ1) is 16.9. The molecule has 0 radical (unpaired) electrons. The van der Waals surface area contributed by atoms with E-state index in [4.69, 9.17) is 0 Å². The number of amides is 1. The van der Waals surface area contributed by atoms with Gasteiger partial charge in [0, 0.05) is 5.69 Å². The third-order valence-corrected chi connectivity index (χ3v) is 5.37. The van der Waals surface area contributed by atoms with Crippen LogP contribution in [0.15, 0.2) is 42.5 Å². The lowest BCUT2D eigenvalue weighted by Crippen LogP contribution is -2.27. The number of anilines is 1. The quantitative estimate of drug-likeness (QED) is 0.750. The standard InChI is InChI=1S/C18H16F3NOS/c1-11-3-4-13(9-12(11)2)17-22(16(23)10-24-17)15-7-5-14(6-8-15)18(19,20)21/h3-9,17H,10H2,1-2H3/t17-/m0/s1. The molecule has 1 atom stereocenters. The minimum atomic E-state index is -4.38. The molecule has 0 saturated carbocycles. The minimum absolute atomic E-state index is 0.0945. The maximum Gasteiger partial charge on any atom is 0.416 e. The monoisotopic (exact) mass is 351 g/mol. The first-order chi connectivity index (χ1) is 11.3. The molecule has 24 heavy (non-hydrogen) atoms. The summed E-state index contributed by atoms with van der Waals surface area (Å²) < 4.78 is 38.1. The van der Waals surface area contributed by atoms with E-state index in [0.717, 1.165) is 28.8 Å². The molecule has 1 heterocycles. The van der Waals surface area contributed by atoms with Gasteiger partial charge in [-0.1, -0.05) is 18.2 Å². The van der Waals surface area contributed by atoms with Crippen LogP contribution in [-0.2, 0) is 11.0 Å². The Labute approximate surface area is 142 Å². The zero-order valence-electron chi connectivity index (χ0n) is 13.2. The second-order valence-electron chi connectivity index (χ2n) is 5.82. The highest BCUT2D eigenvalue weighted by Gasteiger charge is 2.35. The molecule has 0 unspecified atom stereocenters. The van der Waals surface area contributed by atoms with Crippen LogP contribution in [0.2, 0.25) is 0 Å². The third-order valence-electron chi connectivity index (χ3n) is 4.16. The molecule has 2 aromatic rings. The highest BCUT2D eigenvalue weighted by molar-refractivity contribution is 8.00. The van der Waals surface area contributed by atoms with Gasteiger partial charge >= 0.3 is 6.18 Å². The van der Waals surface area contributed by atoms with E-state index in [2.05, 4.69) is 0 Å². The third kappa shape index (κ3) is 3.15. The molecule has 0 bridgehead atoms. The van der Waals surface area contributed by atoms with Crippen molar-refractivity contribution in [2.45, 2.75) is 25.4 Å². The van der Waals surface area contributed by atoms with E-state index < -0.39 is 11.7 Å². The number of benzene rings is 2. The maximum absolute atomic E-state index is 12.7.